The summed E-state index contributed by atoms with van der Waals surface area (Å²) >= 11 is 0. The maximum Gasteiger partial charge on any atom is 0.282 e. The molecule has 0 fully saturated rings. The topological polar surface area (TPSA) is 84.6 Å². The third-order valence-corrected chi connectivity index (χ3v) is 4.27. The molecule has 6 nitrogen and oxygen atoms in total. The van der Waals surface area contributed by atoms with Crippen LogP contribution in [-0.2, 0) is 0 Å². The van der Waals surface area contributed by atoms with Crippen molar-refractivity contribution < 1.29 is 9.72 Å². The zero-order chi connectivity index (χ0) is 18.1. The van der Waals surface area contributed by atoms with Gasteiger partial charge < -0.3 is 0 Å². The van der Waals surface area contributed by atoms with Crippen LogP contribution in [0.25, 0.3) is 11.1 Å². The predicted molar refractivity (Wildman–Crippen MR) is 98.1 cm³/mol. The van der Waals surface area contributed by atoms with Gasteiger partial charge in [0.1, 0.15) is 5.56 Å². The quantitative estimate of drug-likeness (QED) is 0.454. The molecular weight excluding hydrogens is 330 g/mol. The highest BCUT2D eigenvalue weighted by Crippen LogP contribution is 2.36. The van der Waals surface area contributed by atoms with Crippen LogP contribution in [-0.4, -0.2) is 16.5 Å². The number of nitro benzene ring substituents is 1. The molecule has 0 unspecified atom stereocenters. The highest BCUT2D eigenvalue weighted by Gasteiger charge is 2.25. The van der Waals surface area contributed by atoms with Crippen LogP contribution in [0.3, 0.4) is 0 Å². The summed E-state index contributed by atoms with van der Waals surface area (Å²) < 4.78 is 0. The Balaban J connectivity index is 1.72. The van der Waals surface area contributed by atoms with E-state index in [2.05, 4.69) is 10.5 Å². The van der Waals surface area contributed by atoms with Gasteiger partial charge in [0.2, 0.25) is 0 Å². The normalized spacial score (nSPS) is 11.5. The van der Waals surface area contributed by atoms with Gasteiger partial charge in [-0.1, -0.05) is 60.7 Å². The molecule has 0 bridgehead atoms. The molecule has 4 rings (SSSR count). The number of benzene rings is 3. The van der Waals surface area contributed by atoms with E-state index in [4.69, 9.17) is 0 Å². The Labute approximate surface area is 148 Å². The van der Waals surface area contributed by atoms with Crippen molar-refractivity contribution in [2.45, 2.75) is 0 Å². The van der Waals surface area contributed by atoms with Crippen molar-refractivity contribution in [1.29, 1.82) is 0 Å². The lowest BCUT2D eigenvalue weighted by molar-refractivity contribution is -0.385. The Kier molecular flexibility index (Phi) is 3.78. The molecule has 0 aliphatic heterocycles. The summed E-state index contributed by atoms with van der Waals surface area (Å²) in [6.07, 6.45) is 0. The standard InChI is InChI=1S/C20H13N3O3/c24-20(17-11-5-6-12-18(17)23(25)26)22-21-19-15-9-3-1-7-13(15)14-8-2-4-10-16(14)19/h1-12H,(H,22,24). The van der Waals surface area contributed by atoms with Gasteiger partial charge in [0, 0.05) is 17.2 Å². The van der Waals surface area contributed by atoms with Crippen LogP contribution in [0.2, 0.25) is 0 Å². The number of carbonyl (C=O) groups excluding carboxylic acids is 1. The molecule has 0 saturated carbocycles. The molecule has 3 aromatic carbocycles. The highest BCUT2D eigenvalue weighted by molar-refractivity contribution is 6.24. The van der Waals surface area contributed by atoms with E-state index in [0.717, 1.165) is 22.3 Å². The minimum atomic E-state index is -0.619. The molecule has 126 valence electrons. The van der Waals surface area contributed by atoms with Crippen molar-refractivity contribution >= 4 is 17.3 Å². The van der Waals surface area contributed by atoms with Crippen molar-refractivity contribution in [3.63, 3.8) is 0 Å². The van der Waals surface area contributed by atoms with E-state index in [0.29, 0.717) is 5.71 Å². The number of para-hydroxylation sites is 1. The maximum atomic E-state index is 12.4. The summed E-state index contributed by atoms with van der Waals surface area (Å²) in [6, 6.07) is 21.4. The summed E-state index contributed by atoms with van der Waals surface area (Å²) in [6.45, 7) is 0. The van der Waals surface area contributed by atoms with Crippen LogP contribution < -0.4 is 5.43 Å². The van der Waals surface area contributed by atoms with Crippen LogP contribution in [0.4, 0.5) is 5.69 Å². The molecule has 1 aliphatic rings. The molecule has 0 spiro atoms. The molecule has 3 aromatic rings. The SMILES string of the molecule is O=C(NN=C1c2ccccc2-c2ccccc21)c1ccccc1[N+](=O)[O-]. The lowest BCUT2D eigenvalue weighted by Crippen LogP contribution is -2.21. The molecule has 6 heteroatoms. The zero-order valence-electron chi connectivity index (χ0n) is 13.5. The minimum absolute atomic E-state index is 0.0265. The first-order chi connectivity index (χ1) is 12.7. The van der Waals surface area contributed by atoms with Gasteiger partial charge in [0.15, 0.2) is 0 Å². The maximum absolute atomic E-state index is 12.4. The average Bonchev–Trinajstić information content (AvgIpc) is 3.00. The van der Waals surface area contributed by atoms with Crippen molar-refractivity contribution in [2.75, 3.05) is 0 Å². The van der Waals surface area contributed by atoms with E-state index in [1.165, 1.54) is 18.2 Å². The van der Waals surface area contributed by atoms with E-state index in [1.54, 1.807) is 6.07 Å². The fourth-order valence-electron chi connectivity index (χ4n) is 3.11. The van der Waals surface area contributed by atoms with Crippen LogP contribution in [0, 0.1) is 10.1 Å². The largest absolute Gasteiger partial charge is 0.282 e. The molecule has 26 heavy (non-hydrogen) atoms. The number of hydrazone groups is 1. The Morgan fingerprint density at radius 3 is 1.88 bits per heavy atom. The van der Waals surface area contributed by atoms with Gasteiger partial charge in [0.25, 0.3) is 11.6 Å². The van der Waals surface area contributed by atoms with E-state index in [9.17, 15) is 14.9 Å². The van der Waals surface area contributed by atoms with Gasteiger partial charge in [-0.2, -0.15) is 5.10 Å². The van der Waals surface area contributed by atoms with E-state index in [-0.39, 0.29) is 11.3 Å². The fraction of sp³-hybridized carbons (Fsp3) is 0. The summed E-state index contributed by atoms with van der Waals surface area (Å²) in [5, 5.41) is 15.4. The third-order valence-electron chi connectivity index (χ3n) is 4.27. The second kappa shape index (κ2) is 6.25. The number of fused-ring (bicyclic) bond motifs is 3. The third kappa shape index (κ3) is 2.53. The first kappa shape index (κ1) is 15.7. The Bertz CT molecular complexity index is 1030. The van der Waals surface area contributed by atoms with Gasteiger partial charge in [0.05, 0.1) is 10.6 Å². The van der Waals surface area contributed by atoms with Crippen molar-refractivity contribution in [3.05, 3.63) is 99.6 Å². The van der Waals surface area contributed by atoms with Gasteiger partial charge in [-0.05, 0) is 17.2 Å². The number of nitro groups is 1. The van der Waals surface area contributed by atoms with E-state index >= 15 is 0 Å². The van der Waals surface area contributed by atoms with Crippen molar-refractivity contribution in [2.24, 2.45) is 5.10 Å². The monoisotopic (exact) mass is 343 g/mol. The van der Waals surface area contributed by atoms with Gasteiger partial charge in [-0.3, -0.25) is 14.9 Å². The first-order valence-corrected chi connectivity index (χ1v) is 7.97. The van der Waals surface area contributed by atoms with Crippen LogP contribution >= 0.6 is 0 Å². The number of amides is 1. The molecule has 1 aliphatic carbocycles. The van der Waals surface area contributed by atoms with Gasteiger partial charge in [-0.25, -0.2) is 5.43 Å². The Morgan fingerprint density at radius 2 is 1.31 bits per heavy atom. The number of nitrogens with one attached hydrogen (secondary N) is 1. The number of carbonyl (C=O) groups is 1. The Morgan fingerprint density at radius 1 is 0.808 bits per heavy atom. The smallest absolute Gasteiger partial charge is 0.267 e. The molecule has 1 amide bonds. The lowest BCUT2D eigenvalue weighted by atomic mass is 10.1. The molecule has 0 atom stereocenters. The van der Waals surface area contributed by atoms with Crippen molar-refractivity contribution in [1.82, 2.24) is 5.43 Å². The van der Waals surface area contributed by atoms with Crippen LogP contribution in [0.5, 0.6) is 0 Å². The molecule has 0 saturated heterocycles. The van der Waals surface area contributed by atoms with Gasteiger partial charge in [-0.15, -0.1) is 0 Å². The average molecular weight is 343 g/mol. The minimum Gasteiger partial charge on any atom is -0.267 e. The van der Waals surface area contributed by atoms with Gasteiger partial charge >= 0.3 is 0 Å². The van der Waals surface area contributed by atoms with E-state index in [1.807, 2.05) is 48.5 Å². The number of rotatable bonds is 3. The number of nitrogens with zero attached hydrogens (tertiary/aromatic N) is 2. The predicted octanol–water partition coefficient (Wildman–Crippen LogP) is 3.76. The molecule has 1 N–H and O–H groups in total. The molecule has 0 aromatic heterocycles. The fourth-order valence-corrected chi connectivity index (χ4v) is 3.11. The summed E-state index contributed by atoms with van der Waals surface area (Å²) in [5.74, 6) is -0.619. The van der Waals surface area contributed by atoms with Crippen LogP contribution in [0.15, 0.2) is 77.9 Å². The summed E-state index contributed by atoms with van der Waals surface area (Å²) in [7, 11) is 0. The first-order valence-electron chi connectivity index (χ1n) is 7.97. The summed E-state index contributed by atoms with van der Waals surface area (Å²) in [5.41, 5.74) is 6.74. The molecular formula is C20H13N3O3. The molecule has 0 heterocycles. The number of hydrogen-bond acceptors (Lipinski definition) is 4. The lowest BCUT2D eigenvalue weighted by Gasteiger charge is -2.04. The van der Waals surface area contributed by atoms with E-state index < -0.39 is 10.8 Å². The zero-order valence-corrected chi connectivity index (χ0v) is 13.5. The Hall–Kier alpha value is -3.80. The second-order valence-electron chi connectivity index (χ2n) is 5.77. The summed E-state index contributed by atoms with van der Waals surface area (Å²) in [4.78, 5) is 23.0. The van der Waals surface area contributed by atoms with Crippen LogP contribution in [0.1, 0.15) is 21.5 Å². The molecule has 0 radical (unpaired) electrons. The van der Waals surface area contributed by atoms with Crippen molar-refractivity contribution in [3.8, 4) is 11.1 Å². The highest BCUT2D eigenvalue weighted by atomic mass is 16.6. The number of hydrogen-bond donors (Lipinski definition) is 1. The second-order valence-corrected chi connectivity index (χ2v) is 5.77.